The lowest BCUT2D eigenvalue weighted by Crippen LogP contribution is -2.20. The molecule has 10 heteroatoms. The molecule has 0 atom stereocenters. The van der Waals surface area contributed by atoms with Gasteiger partial charge in [0.25, 0.3) is 11.2 Å². The van der Waals surface area contributed by atoms with E-state index in [2.05, 4.69) is 6.92 Å². The van der Waals surface area contributed by atoms with Crippen molar-refractivity contribution in [3.05, 3.63) is 90.9 Å². The average Bonchev–Trinajstić information content (AvgIpc) is 3.39. The first kappa shape index (κ1) is 24.6. The Morgan fingerprint density at radius 1 is 1.05 bits per heavy atom. The third-order valence-corrected chi connectivity index (χ3v) is 7.70. The minimum absolute atomic E-state index is 0.0318. The second-order valence-electron chi connectivity index (χ2n) is 9.39. The number of para-hydroxylation sites is 1. The first-order valence-corrected chi connectivity index (χ1v) is 13.1. The summed E-state index contributed by atoms with van der Waals surface area (Å²) in [4.78, 5) is 29.6. The predicted octanol–water partition coefficient (Wildman–Crippen LogP) is 5.57. The molecular formula is C27H28N6O3S. The summed E-state index contributed by atoms with van der Waals surface area (Å²) in [5, 5.41) is 18.1. The number of benzene rings is 2. The molecule has 37 heavy (non-hydrogen) atoms. The lowest BCUT2D eigenvalue weighted by atomic mass is 9.90. The Morgan fingerprint density at radius 2 is 1.73 bits per heavy atom. The van der Waals surface area contributed by atoms with Gasteiger partial charge in [-0.2, -0.15) is 5.10 Å². The summed E-state index contributed by atoms with van der Waals surface area (Å²) >= 11 is 1.39. The van der Waals surface area contributed by atoms with Crippen molar-refractivity contribution < 1.29 is 4.92 Å². The topological polar surface area (TPSA) is 99.7 Å². The van der Waals surface area contributed by atoms with Gasteiger partial charge in [-0.25, -0.2) is 14.4 Å². The molecule has 0 bridgehead atoms. The first-order valence-electron chi connectivity index (χ1n) is 12.2. The van der Waals surface area contributed by atoms with E-state index in [1.54, 1.807) is 26.2 Å². The van der Waals surface area contributed by atoms with Crippen LogP contribution >= 0.6 is 11.3 Å². The molecule has 4 aromatic rings. The molecule has 190 valence electrons. The second-order valence-corrected chi connectivity index (χ2v) is 10.2. The zero-order valence-corrected chi connectivity index (χ0v) is 21.8. The van der Waals surface area contributed by atoms with Crippen molar-refractivity contribution in [2.24, 2.45) is 23.1 Å². The fourth-order valence-corrected chi connectivity index (χ4v) is 5.38. The molecule has 2 aromatic heterocycles. The Labute approximate surface area is 217 Å². The fraction of sp³-hybridized carbons (Fsp3) is 0.296. The van der Waals surface area contributed by atoms with Crippen LogP contribution in [0.5, 0.6) is 0 Å². The van der Waals surface area contributed by atoms with E-state index in [1.807, 2.05) is 49.7 Å². The highest BCUT2D eigenvalue weighted by molar-refractivity contribution is 7.07. The highest BCUT2D eigenvalue weighted by Gasteiger charge is 2.19. The fourth-order valence-electron chi connectivity index (χ4n) is 4.54. The van der Waals surface area contributed by atoms with E-state index >= 15 is 0 Å². The van der Waals surface area contributed by atoms with Gasteiger partial charge >= 0.3 is 0 Å². The molecule has 0 spiro atoms. The van der Waals surface area contributed by atoms with E-state index in [-0.39, 0.29) is 11.2 Å². The largest absolute Gasteiger partial charge is 0.297 e. The van der Waals surface area contributed by atoms with Gasteiger partial charge in [0.1, 0.15) is 0 Å². The van der Waals surface area contributed by atoms with E-state index in [1.165, 1.54) is 23.5 Å². The Morgan fingerprint density at radius 3 is 2.38 bits per heavy atom. The number of hydrogen-bond acceptors (Lipinski definition) is 6. The number of nitro groups is 1. The third kappa shape index (κ3) is 4.84. The highest BCUT2D eigenvalue weighted by atomic mass is 32.1. The molecule has 0 aliphatic heterocycles. The molecule has 0 radical (unpaired) electrons. The lowest BCUT2D eigenvalue weighted by molar-refractivity contribution is -0.384. The van der Waals surface area contributed by atoms with E-state index in [0.717, 1.165) is 54.0 Å². The van der Waals surface area contributed by atoms with Crippen LogP contribution in [0.2, 0.25) is 0 Å². The lowest BCUT2D eigenvalue weighted by Gasteiger charge is -2.19. The molecule has 0 saturated heterocycles. The molecular weight excluding hydrogens is 488 g/mol. The zero-order chi connectivity index (χ0) is 26.1. The minimum atomic E-state index is -0.411. The summed E-state index contributed by atoms with van der Waals surface area (Å²) in [7, 11) is 1.84. The molecule has 0 unspecified atom stereocenters. The maximum atomic E-state index is 13.5. The Bertz CT molecular complexity index is 1600. The third-order valence-electron chi connectivity index (χ3n) is 6.88. The number of nitro benzene ring substituents is 1. The van der Waals surface area contributed by atoms with E-state index < -0.39 is 4.92 Å². The number of hydrogen-bond donors (Lipinski definition) is 0. The quantitative estimate of drug-likeness (QED) is 0.256. The Kier molecular flexibility index (Phi) is 6.75. The normalized spacial score (nSPS) is 16.2. The van der Waals surface area contributed by atoms with Crippen LogP contribution in [0, 0.1) is 23.0 Å². The molecule has 0 N–H and O–H groups in total. The van der Waals surface area contributed by atoms with Gasteiger partial charge in [-0.05, 0) is 62.8 Å². The van der Waals surface area contributed by atoms with E-state index in [4.69, 9.17) is 10.1 Å². The number of rotatable bonds is 5. The summed E-state index contributed by atoms with van der Waals surface area (Å²) in [6, 6.07) is 15.9. The molecule has 1 aliphatic carbocycles. The molecule has 2 aromatic carbocycles. The zero-order valence-electron chi connectivity index (χ0n) is 21.0. The van der Waals surface area contributed by atoms with Gasteiger partial charge in [0.15, 0.2) is 5.69 Å². The maximum absolute atomic E-state index is 13.5. The van der Waals surface area contributed by atoms with Crippen molar-refractivity contribution in [2.45, 2.75) is 39.5 Å². The van der Waals surface area contributed by atoms with Crippen LogP contribution in [-0.4, -0.2) is 24.7 Å². The standard InChI is InChI=1S/C27H28N6O3S/c1-18-9-13-21(14-10-18)29-31-24(20-11-15-23(16-12-20)33(35)36)17-37-27(31)28-25-19(2)30(3)32(26(25)34)22-7-5-4-6-8-22/h4-8,11-12,15-18H,9-10,13-14H2,1-3H3. The Balaban J connectivity index is 1.67. The van der Waals surface area contributed by atoms with Crippen LogP contribution in [0.15, 0.2) is 74.9 Å². The number of nitrogens with zero attached hydrogens (tertiary/aromatic N) is 6. The number of thiazole rings is 1. The van der Waals surface area contributed by atoms with Gasteiger partial charge < -0.3 is 0 Å². The second kappa shape index (κ2) is 10.1. The predicted molar refractivity (Wildman–Crippen MR) is 146 cm³/mol. The summed E-state index contributed by atoms with van der Waals surface area (Å²) < 4.78 is 5.20. The van der Waals surface area contributed by atoms with Crippen LogP contribution in [-0.2, 0) is 7.05 Å². The average molecular weight is 517 g/mol. The van der Waals surface area contributed by atoms with Crippen LogP contribution in [0.4, 0.5) is 11.4 Å². The molecule has 5 rings (SSSR count). The monoisotopic (exact) mass is 516 g/mol. The van der Waals surface area contributed by atoms with Crippen molar-refractivity contribution in [1.82, 2.24) is 14.0 Å². The first-order chi connectivity index (χ1) is 17.8. The van der Waals surface area contributed by atoms with Crippen molar-refractivity contribution in [3.8, 4) is 16.9 Å². The molecule has 2 heterocycles. The van der Waals surface area contributed by atoms with Gasteiger partial charge in [-0.1, -0.05) is 25.1 Å². The summed E-state index contributed by atoms with van der Waals surface area (Å²) in [5.41, 5.74) is 4.35. The maximum Gasteiger partial charge on any atom is 0.297 e. The van der Waals surface area contributed by atoms with Crippen molar-refractivity contribution in [1.29, 1.82) is 0 Å². The van der Waals surface area contributed by atoms with Gasteiger partial charge in [0.2, 0.25) is 4.80 Å². The molecule has 1 aliphatic rings. The van der Waals surface area contributed by atoms with Gasteiger partial charge in [-0.3, -0.25) is 19.6 Å². The summed E-state index contributed by atoms with van der Waals surface area (Å²) in [5.74, 6) is 0.674. The van der Waals surface area contributed by atoms with Gasteiger partial charge in [0, 0.05) is 35.8 Å². The minimum Gasteiger partial charge on any atom is -0.283 e. The van der Waals surface area contributed by atoms with E-state index in [9.17, 15) is 14.9 Å². The van der Waals surface area contributed by atoms with Crippen molar-refractivity contribution in [3.63, 3.8) is 0 Å². The molecule has 9 nitrogen and oxygen atoms in total. The van der Waals surface area contributed by atoms with Gasteiger partial charge in [-0.15, -0.1) is 11.3 Å². The van der Waals surface area contributed by atoms with Crippen LogP contribution in [0.25, 0.3) is 16.9 Å². The van der Waals surface area contributed by atoms with Crippen molar-refractivity contribution >= 4 is 28.4 Å². The van der Waals surface area contributed by atoms with Crippen LogP contribution in [0.1, 0.15) is 38.3 Å². The highest BCUT2D eigenvalue weighted by Crippen LogP contribution is 2.26. The van der Waals surface area contributed by atoms with E-state index in [0.29, 0.717) is 16.4 Å². The number of aromatic nitrogens is 3. The Hall–Kier alpha value is -4.05. The smallest absolute Gasteiger partial charge is 0.283 e. The van der Waals surface area contributed by atoms with Crippen LogP contribution in [0.3, 0.4) is 0 Å². The molecule has 1 fully saturated rings. The van der Waals surface area contributed by atoms with Crippen LogP contribution < -0.4 is 10.4 Å². The van der Waals surface area contributed by atoms with Gasteiger partial charge in [0.05, 0.1) is 22.0 Å². The molecule has 1 saturated carbocycles. The SMILES string of the molecule is Cc1c(N=c2scc(-c3ccc([N+](=O)[O-])cc3)n2N=C2CCC(C)CC2)c(=O)n(-c2ccccc2)n1C. The van der Waals surface area contributed by atoms with Crippen molar-refractivity contribution in [2.75, 3.05) is 0 Å². The summed E-state index contributed by atoms with van der Waals surface area (Å²) in [6.45, 7) is 4.14. The summed E-state index contributed by atoms with van der Waals surface area (Å²) in [6.07, 6.45) is 3.99. The molecule has 0 amide bonds. The number of non-ortho nitro benzene ring substituents is 1.